The molecule has 1 fully saturated rings. The second-order valence-corrected chi connectivity index (χ2v) is 10.6. The van der Waals surface area contributed by atoms with Crippen LogP contribution in [0.3, 0.4) is 0 Å². The minimum atomic E-state index is 0.189. The quantitative estimate of drug-likeness (QED) is 0.179. The molecule has 0 bridgehead atoms. The van der Waals surface area contributed by atoms with Gasteiger partial charge in [-0.3, -0.25) is 4.79 Å². The molecule has 2 aromatic carbocycles. The maximum Gasteiger partial charge on any atom is 0.223 e. The molecule has 3 heterocycles. The number of H-pyrrole nitrogens is 2. The molecule has 3 N–H and O–H groups in total. The van der Waals surface area contributed by atoms with Gasteiger partial charge in [-0.1, -0.05) is 97.0 Å². The topological polar surface area (TPSA) is 89.7 Å². The van der Waals surface area contributed by atoms with E-state index in [-0.39, 0.29) is 5.91 Å². The summed E-state index contributed by atoms with van der Waals surface area (Å²) in [6.07, 6.45) is 7.62. The summed E-state index contributed by atoms with van der Waals surface area (Å²) in [7, 11) is 0. The molecule has 5 rings (SSSR count). The van der Waals surface area contributed by atoms with Crippen molar-refractivity contribution < 1.29 is 4.79 Å². The number of aromatic amines is 2. The zero-order valence-electron chi connectivity index (χ0n) is 26.6. The average molecular weight is 571 g/mol. The van der Waals surface area contributed by atoms with E-state index in [2.05, 4.69) is 94.6 Å². The number of aromatic nitrogens is 4. The Bertz CT molecular complexity index is 1330. The summed E-state index contributed by atoms with van der Waals surface area (Å²) < 4.78 is 0. The van der Waals surface area contributed by atoms with Crippen molar-refractivity contribution in [1.82, 2.24) is 30.2 Å². The van der Waals surface area contributed by atoms with E-state index in [4.69, 9.17) is 0 Å². The second-order valence-electron chi connectivity index (χ2n) is 10.6. The Labute approximate surface area is 252 Å². The van der Waals surface area contributed by atoms with Gasteiger partial charge in [-0.05, 0) is 54.0 Å². The van der Waals surface area contributed by atoms with E-state index in [0.717, 1.165) is 65.7 Å². The van der Waals surface area contributed by atoms with Gasteiger partial charge in [0.15, 0.2) is 0 Å². The van der Waals surface area contributed by atoms with Crippen molar-refractivity contribution >= 4 is 5.91 Å². The maximum absolute atomic E-state index is 12.6. The molecule has 1 aliphatic rings. The van der Waals surface area contributed by atoms with E-state index in [1.54, 1.807) is 0 Å². The molecule has 7 nitrogen and oxygen atoms in total. The van der Waals surface area contributed by atoms with Gasteiger partial charge in [-0.2, -0.15) is 0 Å². The molecule has 1 amide bonds. The molecular formula is C35H50N6O. The largest absolute Gasteiger partial charge is 0.341 e. The first kappa shape index (κ1) is 32.8. The number of carbonyl (C=O) groups is 1. The monoisotopic (exact) mass is 570 g/mol. The first-order valence-corrected chi connectivity index (χ1v) is 15.8. The van der Waals surface area contributed by atoms with Crippen LogP contribution >= 0.6 is 0 Å². The van der Waals surface area contributed by atoms with Gasteiger partial charge >= 0.3 is 0 Å². The lowest BCUT2D eigenvalue weighted by Crippen LogP contribution is -2.32. The lowest BCUT2D eigenvalue weighted by Gasteiger charge is -2.22. The second kappa shape index (κ2) is 16.7. The van der Waals surface area contributed by atoms with Crippen LogP contribution in [0, 0.1) is 5.92 Å². The number of carbonyl (C=O) groups excluding carboxylic acids is 1. The van der Waals surface area contributed by atoms with Crippen molar-refractivity contribution in [3.63, 3.8) is 0 Å². The Morgan fingerprint density at radius 3 is 1.93 bits per heavy atom. The van der Waals surface area contributed by atoms with Crippen molar-refractivity contribution in [3.05, 3.63) is 72.6 Å². The van der Waals surface area contributed by atoms with Crippen LogP contribution in [0.5, 0.6) is 0 Å². The zero-order valence-corrected chi connectivity index (χ0v) is 26.6. The average Bonchev–Trinajstić information content (AvgIpc) is 3.81. The van der Waals surface area contributed by atoms with Crippen LogP contribution in [0.1, 0.15) is 91.8 Å². The molecule has 0 radical (unpaired) electrons. The predicted molar refractivity (Wildman–Crippen MR) is 175 cm³/mol. The summed E-state index contributed by atoms with van der Waals surface area (Å²) in [4.78, 5) is 30.6. The number of nitrogens with one attached hydrogen (secondary N) is 3. The normalized spacial score (nSPS) is 14.1. The molecule has 2 aromatic heterocycles. The minimum Gasteiger partial charge on any atom is -0.341 e. The first-order chi connectivity index (χ1) is 20.5. The van der Waals surface area contributed by atoms with Crippen molar-refractivity contribution in [2.24, 2.45) is 5.92 Å². The molecule has 226 valence electrons. The molecule has 1 saturated heterocycles. The Balaban J connectivity index is 0.00000116. The van der Waals surface area contributed by atoms with Crippen molar-refractivity contribution in [2.75, 3.05) is 13.1 Å². The van der Waals surface area contributed by atoms with E-state index in [9.17, 15) is 4.79 Å². The Morgan fingerprint density at radius 2 is 1.40 bits per heavy atom. The van der Waals surface area contributed by atoms with Crippen LogP contribution in [0.4, 0.5) is 0 Å². The lowest BCUT2D eigenvalue weighted by molar-refractivity contribution is -0.132. The van der Waals surface area contributed by atoms with Crippen LogP contribution < -0.4 is 5.32 Å². The number of hydrogen-bond donors (Lipinski definition) is 3. The van der Waals surface area contributed by atoms with E-state index >= 15 is 0 Å². The molecule has 4 aromatic rings. The number of imidazole rings is 2. The highest BCUT2D eigenvalue weighted by Gasteiger charge is 2.19. The highest BCUT2D eigenvalue weighted by atomic mass is 16.2. The van der Waals surface area contributed by atoms with Gasteiger partial charge in [0, 0.05) is 13.0 Å². The fourth-order valence-electron chi connectivity index (χ4n) is 5.07. The maximum atomic E-state index is 12.6. The van der Waals surface area contributed by atoms with Crippen molar-refractivity contribution in [2.45, 2.75) is 86.7 Å². The third kappa shape index (κ3) is 8.65. The molecule has 7 heteroatoms. The van der Waals surface area contributed by atoms with Crippen LogP contribution in [0.25, 0.3) is 33.6 Å². The molecule has 0 aliphatic carbocycles. The zero-order chi connectivity index (χ0) is 30.5. The summed E-state index contributed by atoms with van der Waals surface area (Å²) in [5, 5.41) is 3.49. The Morgan fingerprint density at radius 1 is 0.857 bits per heavy atom. The van der Waals surface area contributed by atoms with E-state index in [1.807, 2.05) is 45.0 Å². The number of hydrogen-bond acceptors (Lipinski definition) is 4. The van der Waals surface area contributed by atoms with Gasteiger partial charge in [0.05, 0.1) is 36.4 Å². The SMILES string of the molecule is CC.CC.CCCN(Cc1ncc(-c2ccc(-c3ccc(-c4cnc(C5CCCN5)[nH]4)cc3)cc2)[nH]1)C(=O)CC(C)C. The van der Waals surface area contributed by atoms with Crippen LogP contribution in [-0.2, 0) is 11.3 Å². The molecular weight excluding hydrogens is 520 g/mol. The van der Waals surface area contributed by atoms with Crippen molar-refractivity contribution in [3.8, 4) is 33.6 Å². The van der Waals surface area contributed by atoms with Crippen LogP contribution in [0.15, 0.2) is 60.9 Å². The third-order valence-electron chi connectivity index (χ3n) is 7.11. The van der Waals surface area contributed by atoms with Crippen LogP contribution in [-0.4, -0.2) is 43.8 Å². The summed E-state index contributed by atoms with van der Waals surface area (Å²) in [6, 6.07) is 17.5. The standard InChI is InChI=1S/C31H38N6O.2C2H6/c1-4-16-37(30(38)17-21(2)3)20-29-33-18-27(35-29)24-11-7-22(8-12-24)23-9-13-25(14-10-23)28-19-34-31(36-28)26-6-5-15-32-26;2*1-2/h7-14,18-19,21,26,32H,4-6,15-17,20H2,1-3H3,(H,33,35)(H,34,36);2*1-2H3. The van der Waals surface area contributed by atoms with Gasteiger partial charge < -0.3 is 20.2 Å². The third-order valence-corrected chi connectivity index (χ3v) is 7.11. The molecule has 42 heavy (non-hydrogen) atoms. The summed E-state index contributed by atoms with van der Waals surface area (Å²) in [6.45, 7) is 16.6. The molecule has 1 atom stereocenters. The van der Waals surface area contributed by atoms with Crippen molar-refractivity contribution in [1.29, 1.82) is 0 Å². The first-order valence-electron chi connectivity index (χ1n) is 15.8. The van der Waals surface area contributed by atoms with Crippen LogP contribution in [0.2, 0.25) is 0 Å². The fraction of sp³-hybridized carbons (Fsp3) is 0.457. The smallest absolute Gasteiger partial charge is 0.223 e. The van der Waals surface area contributed by atoms with E-state index in [0.29, 0.717) is 24.9 Å². The van der Waals surface area contributed by atoms with E-state index in [1.165, 1.54) is 12.0 Å². The summed E-state index contributed by atoms with van der Waals surface area (Å²) in [5.41, 5.74) is 6.55. The van der Waals surface area contributed by atoms with Gasteiger partial charge in [-0.25, -0.2) is 9.97 Å². The van der Waals surface area contributed by atoms with Gasteiger partial charge in [-0.15, -0.1) is 0 Å². The molecule has 1 unspecified atom stereocenters. The highest BCUT2D eigenvalue weighted by Crippen LogP contribution is 2.28. The molecule has 1 aliphatic heterocycles. The molecule has 0 saturated carbocycles. The Hall–Kier alpha value is -3.71. The van der Waals surface area contributed by atoms with Gasteiger partial charge in [0.1, 0.15) is 11.6 Å². The minimum absolute atomic E-state index is 0.189. The summed E-state index contributed by atoms with van der Waals surface area (Å²) >= 11 is 0. The number of benzene rings is 2. The predicted octanol–water partition coefficient (Wildman–Crippen LogP) is 8.40. The molecule has 0 spiro atoms. The summed E-state index contributed by atoms with van der Waals surface area (Å²) in [5.74, 6) is 2.38. The highest BCUT2D eigenvalue weighted by molar-refractivity contribution is 5.76. The van der Waals surface area contributed by atoms with E-state index < -0.39 is 0 Å². The number of nitrogens with zero attached hydrogens (tertiary/aromatic N) is 3. The fourth-order valence-corrected chi connectivity index (χ4v) is 5.07. The van der Waals surface area contributed by atoms with Gasteiger partial charge in [0.25, 0.3) is 0 Å². The number of amides is 1. The Kier molecular flexibility index (Phi) is 13.0. The van der Waals surface area contributed by atoms with Gasteiger partial charge in [0.2, 0.25) is 5.91 Å². The number of rotatable bonds is 10. The lowest BCUT2D eigenvalue weighted by atomic mass is 10.0.